The van der Waals surface area contributed by atoms with Crippen molar-refractivity contribution >= 4 is 27.3 Å². The Morgan fingerprint density at radius 3 is 2.80 bits per heavy atom. The maximum Gasteiger partial charge on any atom is 0.0496 e. The molecule has 0 aromatic carbocycles. The molecular weight excluding hydrogens is 274 g/mol. The Kier molecular flexibility index (Phi) is 5.26. The number of aliphatic hydroxyl groups is 1. The van der Waals surface area contributed by atoms with Crippen LogP contribution in [0.1, 0.15) is 25.1 Å². The normalized spacial score (nSPS) is 15.2. The van der Waals surface area contributed by atoms with E-state index >= 15 is 0 Å². The van der Waals surface area contributed by atoms with Crippen LogP contribution in [0.25, 0.3) is 0 Å². The SMILES string of the molecule is CCC(C)(CO)CNCc1sccc1Br. The molecule has 1 heterocycles. The van der Waals surface area contributed by atoms with Gasteiger partial charge in [-0.05, 0) is 33.8 Å². The third-order valence-corrected chi connectivity index (χ3v) is 4.69. The lowest BCUT2D eigenvalue weighted by Gasteiger charge is -2.25. The first-order valence-electron chi connectivity index (χ1n) is 5.15. The Bertz CT molecular complexity index is 297. The van der Waals surface area contributed by atoms with Crippen LogP contribution in [0, 0.1) is 5.41 Å². The highest BCUT2D eigenvalue weighted by Gasteiger charge is 2.20. The molecule has 0 radical (unpaired) electrons. The van der Waals surface area contributed by atoms with Crippen molar-refractivity contribution < 1.29 is 5.11 Å². The van der Waals surface area contributed by atoms with E-state index in [9.17, 15) is 5.11 Å². The fourth-order valence-corrected chi connectivity index (χ4v) is 2.68. The van der Waals surface area contributed by atoms with Crippen LogP contribution in [0.3, 0.4) is 0 Å². The topological polar surface area (TPSA) is 32.3 Å². The minimum absolute atomic E-state index is 0.00371. The van der Waals surface area contributed by atoms with Crippen LogP contribution >= 0.6 is 27.3 Å². The summed E-state index contributed by atoms with van der Waals surface area (Å²) in [5.41, 5.74) is 0.00371. The Morgan fingerprint density at radius 2 is 2.33 bits per heavy atom. The van der Waals surface area contributed by atoms with E-state index in [0.29, 0.717) is 0 Å². The molecule has 1 rings (SSSR count). The average molecular weight is 292 g/mol. The summed E-state index contributed by atoms with van der Waals surface area (Å²) in [6.45, 7) is 6.17. The first-order chi connectivity index (χ1) is 7.11. The van der Waals surface area contributed by atoms with Crippen LogP contribution in [0.2, 0.25) is 0 Å². The monoisotopic (exact) mass is 291 g/mol. The largest absolute Gasteiger partial charge is 0.396 e. The van der Waals surface area contributed by atoms with Crippen LogP contribution in [0.4, 0.5) is 0 Å². The number of halogens is 1. The standard InChI is InChI=1S/C11H18BrNOS/c1-3-11(2,8-14)7-13-6-10-9(12)4-5-15-10/h4-5,13-14H,3,6-8H2,1-2H3. The van der Waals surface area contributed by atoms with Gasteiger partial charge in [-0.1, -0.05) is 13.8 Å². The molecule has 0 spiro atoms. The summed E-state index contributed by atoms with van der Waals surface area (Å²) in [7, 11) is 0. The zero-order chi connectivity index (χ0) is 11.3. The van der Waals surface area contributed by atoms with Crippen molar-refractivity contribution in [3.8, 4) is 0 Å². The third-order valence-electron chi connectivity index (χ3n) is 2.76. The summed E-state index contributed by atoms with van der Waals surface area (Å²) >= 11 is 5.25. The molecule has 86 valence electrons. The number of rotatable bonds is 6. The Hall–Kier alpha value is 0.100. The molecule has 0 saturated heterocycles. The number of aliphatic hydroxyl groups excluding tert-OH is 1. The molecule has 1 atom stereocenters. The minimum atomic E-state index is 0.00371. The van der Waals surface area contributed by atoms with Crippen LogP contribution in [-0.2, 0) is 6.54 Å². The van der Waals surface area contributed by atoms with Crippen molar-refractivity contribution in [2.24, 2.45) is 5.41 Å². The van der Waals surface area contributed by atoms with E-state index in [1.54, 1.807) is 11.3 Å². The van der Waals surface area contributed by atoms with Crippen LogP contribution in [0.15, 0.2) is 15.9 Å². The number of nitrogens with one attached hydrogen (secondary N) is 1. The molecule has 2 nitrogen and oxygen atoms in total. The zero-order valence-electron chi connectivity index (χ0n) is 9.22. The molecule has 0 saturated carbocycles. The highest BCUT2D eigenvalue weighted by Crippen LogP contribution is 2.23. The first kappa shape index (κ1) is 13.2. The summed E-state index contributed by atoms with van der Waals surface area (Å²) in [6, 6.07) is 2.06. The lowest BCUT2D eigenvalue weighted by molar-refractivity contribution is 0.135. The van der Waals surface area contributed by atoms with Gasteiger partial charge in [0.05, 0.1) is 0 Å². The molecule has 0 aliphatic carbocycles. The maximum atomic E-state index is 9.25. The summed E-state index contributed by atoms with van der Waals surface area (Å²) in [5.74, 6) is 0. The van der Waals surface area contributed by atoms with E-state index < -0.39 is 0 Å². The number of hydrogen-bond donors (Lipinski definition) is 2. The molecule has 1 aromatic rings. The molecule has 0 aliphatic rings. The van der Waals surface area contributed by atoms with Gasteiger partial charge < -0.3 is 10.4 Å². The summed E-state index contributed by atoms with van der Waals surface area (Å²) in [4.78, 5) is 1.31. The predicted octanol–water partition coefficient (Wildman–Crippen LogP) is 3.01. The highest BCUT2D eigenvalue weighted by atomic mass is 79.9. The van der Waals surface area contributed by atoms with Gasteiger partial charge in [0.25, 0.3) is 0 Å². The lowest BCUT2D eigenvalue weighted by atomic mass is 9.89. The van der Waals surface area contributed by atoms with E-state index in [-0.39, 0.29) is 12.0 Å². The van der Waals surface area contributed by atoms with Gasteiger partial charge in [-0.3, -0.25) is 0 Å². The number of thiophene rings is 1. The van der Waals surface area contributed by atoms with Gasteiger partial charge >= 0.3 is 0 Å². The molecular formula is C11H18BrNOS. The van der Waals surface area contributed by atoms with Gasteiger partial charge in [0, 0.05) is 34.5 Å². The molecule has 1 unspecified atom stereocenters. The van der Waals surface area contributed by atoms with Gasteiger partial charge in [-0.15, -0.1) is 11.3 Å². The van der Waals surface area contributed by atoms with Crippen molar-refractivity contribution in [1.29, 1.82) is 0 Å². The third kappa shape index (κ3) is 3.87. The van der Waals surface area contributed by atoms with Crippen molar-refractivity contribution in [3.63, 3.8) is 0 Å². The second kappa shape index (κ2) is 5.99. The van der Waals surface area contributed by atoms with Crippen LogP contribution < -0.4 is 5.32 Å². The second-order valence-electron chi connectivity index (χ2n) is 4.12. The zero-order valence-corrected chi connectivity index (χ0v) is 11.6. The van der Waals surface area contributed by atoms with Gasteiger partial charge in [-0.25, -0.2) is 0 Å². The average Bonchev–Trinajstić information content (AvgIpc) is 2.64. The predicted molar refractivity (Wildman–Crippen MR) is 69.2 cm³/mol. The van der Waals surface area contributed by atoms with Gasteiger partial charge in [0.2, 0.25) is 0 Å². The van der Waals surface area contributed by atoms with E-state index in [0.717, 1.165) is 19.5 Å². The summed E-state index contributed by atoms with van der Waals surface area (Å²) in [5, 5.41) is 14.7. The van der Waals surface area contributed by atoms with Gasteiger partial charge in [0.15, 0.2) is 0 Å². The van der Waals surface area contributed by atoms with Gasteiger partial charge in [0.1, 0.15) is 0 Å². The molecule has 15 heavy (non-hydrogen) atoms. The lowest BCUT2D eigenvalue weighted by Crippen LogP contribution is -2.33. The number of hydrogen-bond acceptors (Lipinski definition) is 3. The Labute approximate surface area is 104 Å². The molecule has 0 amide bonds. The maximum absolute atomic E-state index is 9.25. The second-order valence-corrected chi connectivity index (χ2v) is 5.97. The van der Waals surface area contributed by atoms with Crippen molar-refractivity contribution in [3.05, 3.63) is 20.8 Å². The van der Waals surface area contributed by atoms with E-state index in [2.05, 4.69) is 46.5 Å². The van der Waals surface area contributed by atoms with E-state index in [1.165, 1.54) is 9.35 Å². The fourth-order valence-electron chi connectivity index (χ4n) is 1.22. The molecule has 4 heteroatoms. The highest BCUT2D eigenvalue weighted by molar-refractivity contribution is 9.10. The molecule has 0 bridgehead atoms. The molecule has 2 N–H and O–H groups in total. The van der Waals surface area contributed by atoms with Crippen molar-refractivity contribution in [2.75, 3.05) is 13.2 Å². The van der Waals surface area contributed by atoms with E-state index in [4.69, 9.17) is 0 Å². The fraction of sp³-hybridized carbons (Fsp3) is 0.636. The van der Waals surface area contributed by atoms with Crippen molar-refractivity contribution in [1.82, 2.24) is 5.32 Å². The molecule has 1 aromatic heterocycles. The Balaban J connectivity index is 2.36. The summed E-state index contributed by atoms with van der Waals surface area (Å²) < 4.78 is 1.17. The Morgan fingerprint density at radius 1 is 1.60 bits per heavy atom. The molecule has 0 fully saturated rings. The molecule has 0 aliphatic heterocycles. The minimum Gasteiger partial charge on any atom is -0.396 e. The van der Waals surface area contributed by atoms with E-state index in [1.807, 2.05) is 0 Å². The summed E-state index contributed by atoms with van der Waals surface area (Å²) in [6.07, 6.45) is 0.988. The van der Waals surface area contributed by atoms with Gasteiger partial charge in [-0.2, -0.15) is 0 Å². The smallest absolute Gasteiger partial charge is 0.0496 e. The van der Waals surface area contributed by atoms with Crippen LogP contribution in [-0.4, -0.2) is 18.3 Å². The first-order valence-corrected chi connectivity index (χ1v) is 6.82. The van der Waals surface area contributed by atoms with Crippen molar-refractivity contribution in [2.45, 2.75) is 26.8 Å². The quantitative estimate of drug-likeness (QED) is 0.844. The van der Waals surface area contributed by atoms with Crippen LogP contribution in [0.5, 0.6) is 0 Å².